The van der Waals surface area contributed by atoms with Crippen LogP contribution in [-0.4, -0.2) is 16.9 Å². The normalized spacial score (nSPS) is 23.8. The zero-order valence-electron chi connectivity index (χ0n) is 10.6. The molecule has 0 unspecified atom stereocenters. The molecule has 1 aromatic rings. The molecule has 1 heterocycles. The van der Waals surface area contributed by atoms with Gasteiger partial charge in [-0.05, 0) is 43.7 Å². The van der Waals surface area contributed by atoms with E-state index in [4.69, 9.17) is 5.73 Å². The molecule has 0 aliphatic heterocycles. The fourth-order valence-electron chi connectivity index (χ4n) is 2.61. The quantitative estimate of drug-likeness (QED) is 0.830. The molecule has 18 heavy (non-hydrogen) atoms. The number of hydrogen-bond donors (Lipinski definition) is 2. The van der Waals surface area contributed by atoms with E-state index < -0.39 is 0 Å². The summed E-state index contributed by atoms with van der Waals surface area (Å²) in [7, 11) is 0. The first-order chi connectivity index (χ1) is 8.74. The van der Waals surface area contributed by atoms with Gasteiger partial charge in [-0.15, -0.1) is 0 Å². The number of carbonyl (C=O) groups excluding carboxylic acids is 1. The van der Waals surface area contributed by atoms with E-state index in [1.54, 1.807) is 0 Å². The lowest BCUT2D eigenvalue weighted by molar-refractivity contribution is -0.119. The standard InChI is InChI=1S/C14H21N3O/c15-14(18)9-11-4-6-12(7-5-11)17-10-13-3-1-2-8-16-13/h1-3,8,11-12,17H,4-7,9-10H2,(H2,15,18). The number of nitrogens with two attached hydrogens (primary N) is 1. The average molecular weight is 247 g/mol. The second-order valence-electron chi connectivity index (χ2n) is 5.09. The summed E-state index contributed by atoms with van der Waals surface area (Å²) in [5.74, 6) is 0.329. The van der Waals surface area contributed by atoms with Crippen LogP contribution in [0.15, 0.2) is 24.4 Å². The summed E-state index contributed by atoms with van der Waals surface area (Å²) in [6, 6.07) is 6.52. The lowest BCUT2D eigenvalue weighted by atomic mass is 9.84. The van der Waals surface area contributed by atoms with Gasteiger partial charge in [-0.3, -0.25) is 9.78 Å². The molecule has 0 radical (unpaired) electrons. The van der Waals surface area contributed by atoms with Crippen LogP contribution >= 0.6 is 0 Å². The van der Waals surface area contributed by atoms with Gasteiger partial charge in [0.2, 0.25) is 5.91 Å². The Labute approximate surface area is 108 Å². The van der Waals surface area contributed by atoms with Gasteiger partial charge in [-0.1, -0.05) is 6.07 Å². The van der Waals surface area contributed by atoms with Crippen LogP contribution < -0.4 is 11.1 Å². The molecule has 0 atom stereocenters. The topological polar surface area (TPSA) is 68.0 Å². The lowest BCUT2D eigenvalue weighted by Gasteiger charge is -2.28. The second kappa shape index (κ2) is 6.50. The highest BCUT2D eigenvalue weighted by Crippen LogP contribution is 2.26. The minimum Gasteiger partial charge on any atom is -0.370 e. The number of nitrogens with one attached hydrogen (secondary N) is 1. The summed E-state index contributed by atoms with van der Waals surface area (Å²) < 4.78 is 0. The average Bonchev–Trinajstić information content (AvgIpc) is 2.38. The molecule has 1 fully saturated rings. The Bertz CT molecular complexity index is 372. The molecule has 0 aromatic carbocycles. The van der Waals surface area contributed by atoms with Gasteiger partial charge in [0.15, 0.2) is 0 Å². The molecule has 2 rings (SSSR count). The molecular weight excluding hydrogens is 226 g/mol. The van der Waals surface area contributed by atoms with Crippen LogP contribution in [0.2, 0.25) is 0 Å². The Morgan fingerprint density at radius 3 is 2.72 bits per heavy atom. The molecule has 1 aromatic heterocycles. The number of aromatic nitrogens is 1. The maximum Gasteiger partial charge on any atom is 0.217 e. The smallest absolute Gasteiger partial charge is 0.217 e. The first-order valence-corrected chi connectivity index (χ1v) is 6.65. The number of rotatable bonds is 5. The minimum atomic E-state index is -0.167. The molecule has 1 amide bonds. The Morgan fingerprint density at radius 1 is 1.33 bits per heavy atom. The van der Waals surface area contributed by atoms with Crippen molar-refractivity contribution in [1.82, 2.24) is 10.3 Å². The van der Waals surface area contributed by atoms with Crippen molar-refractivity contribution < 1.29 is 4.79 Å². The van der Waals surface area contributed by atoms with Gasteiger partial charge in [-0.25, -0.2) is 0 Å². The Morgan fingerprint density at radius 2 is 2.11 bits per heavy atom. The van der Waals surface area contributed by atoms with Crippen molar-refractivity contribution in [2.45, 2.75) is 44.7 Å². The van der Waals surface area contributed by atoms with Crippen LogP contribution in [0.1, 0.15) is 37.8 Å². The van der Waals surface area contributed by atoms with E-state index in [1.807, 2.05) is 24.4 Å². The third kappa shape index (κ3) is 4.11. The van der Waals surface area contributed by atoms with Gasteiger partial charge >= 0.3 is 0 Å². The highest BCUT2D eigenvalue weighted by atomic mass is 16.1. The second-order valence-corrected chi connectivity index (χ2v) is 5.09. The maximum absolute atomic E-state index is 10.9. The zero-order valence-corrected chi connectivity index (χ0v) is 10.6. The molecular formula is C14H21N3O. The van der Waals surface area contributed by atoms with Crippen LogP contribution in [0.4, 0.5) is 0 Å². The first kappa shape index (κ1) is 13.0. The van der Waals surface area contributed by atoms with E-state index in [1.165, 1.54) is 0 Å². The van der Waals surface area contributed by atoms with Crippen molar-refractivity contribution in [3.8, 4) is 0 Å². The van der Waals surface area contributed by atoms with Crippen molar-refractivity contribution in [2.24, 2.45) is 11.7 Å². The maximum atomic E-state index is 10.9. The van der Waals surface area contributed by atoms with E-state index in [2.05, 4.69) is 10.3 Å². The van der Waals surface area contributed by atoms with Gasteiger partial charge in [0.1, 0.15) is 0 Å². The molecule has 0 spiro atoms. The summed E-state index contributed by atoms with van der Waals surface area (Å²) in [6.07, 6.45) is 6.83. The van der Waals surface area contributed by atoms with Crippen LogP contribution in [0.25, 0.3) is 0 Å². The van der Waals surface area contributed by atoms with Gasteiger partial charge in [-0.2, -0.15) is 0 Å². The van der Waals surface area contributed by atoms with E-state index in [0.29, 0.717) is 18.4 Å². The van der Waals surface area contributed by atoms with Gasteiger partial charge in [0.25, 0.3) is 0 Å². The van der Waals surface area contributed by atoms with Gasteiger partial charge < -0.3 is 11.1 Å². The molecule has 4 heteroatoms. The molecule has 1 saturated carbocycles. The largest absolute Gasteiger partial charge is 0.370 e. The van der Waals surface area contributed by atoms with Crippen molar-refractivity contribution >= 4 is 5.91 Å². The molecule has 98 valence electrons. The molecule has 4 nitrogen and oxygen atoms in total. The first-order valence-electron chi connectivity index (χ1n) is 6.65. The van der Waals surface area contributed by atoms with Gasteiger partial charge in [0.05, 0.1) is 5.69 Å². The molecule has 3 N–H and O–H groups in total. The predicted molar refractivity (Wildman–Crippen MR) is 70.6 cm³/mol. The molecule has 1 aliphatic carbocycles. The number of nitrogens with zero attached hydrogens (tertiary/aromatic N) is 1. The number of carbonyl (C=O) groups is 1. The number of primary amides is 1. The van der Waals surface area contributed by atoms with Crippen molar-refractivity contribution in [2.75, 3.05) is 0 Å². The van der Waals surface area contributed by atoms with Crippen LogP contribution in [-0.2, 0) is 11.3 Å². The highest BCUT2D eigenvalue weighted by molar-refractivity contribution is 5.73. The summed E-state index contributed by atoms with van der Waals surface area (Å²) in [6.45, 7) is 0.825. The molecule has 0 bridgehead atoms. The van der Waals surface area contributed by atoms with Crippen LogP contribution in [0.5, 0.6) is 0 Å². The highest BCUT2D eigenvalue weighted by Gasteiger charge is 2.21. The lowest BCUT2D eigenvalue weighted by Crippen LogP contribution is -2.33. The van der Waals surface area contributed by atoms with Crippen LogP contribution in [0, 0.1) is 5.92 Å². The fraction of sp³-hybridized carbons (Fsp3) is 0.571. The molecule has 0 saturated heterocycles. The zero-order chi connectivity index (χ0) is 12.8. The SMILES string of the molecule is NC(=O)CC1CCC(NCc2ccccn2)CC1. The van der Waals surface area contributed by atoms with E-state index in [9.17, 15) is 4.79 Å². The predicted octanol–water partition coefficient (Wildman–Crippen LogP) is 1.61. The third-order valence-corrected chi connectivity index (χ3v) is 3.63. The third-order valence-electron chi connectivity index (χ3n) is 3.63. The number of amides is 1. The minimum absolute atomic E-state index is 0.167. The Hall–Kier alpha value is -1.42. The summed E-state index contributed by atoms with van der Waals surface area (Å²) in [4.78, 5) is 15.2. The van der Waals surface area contributed by atoms with E-state index >= 15 is 0 Å². The summed E-state index contributed by atoms with van der Waals surface area (Å²) >= 11 is 0. The monoisotopic (exact) mass is 247 g/mol. The molecule has 1 aliphatic rings. The van der Waals surface area contributed by atoms with E-state index in [-0.39, 0.29) is 5.91 Å². The summed E-state index contributed by atoms with van der Waals surface area (Å²) in [5, 5.41) is 3.53. The Balaban J connectivity index is 1.69. The van der Waals surface area contributed by atoms with Gasteiger partial charge in [0, 0.05) is 25.2 Å². The van der Waals surface area contributed by atoms with Crippen molar-refractivity contribution in [3.05, 3.63) is 30.1 Å². The number of pyridine rings is 1. The van der Waals surface area contributed by atoms with Crippen LogP contribution in [0.3, 0.4) is 0 Å². The Kier molecular flexibility index (Phi) is 4.70. The van der Waals surface area contributed by atoms with Crippen molar-refractivity contribution in [3.63, 3.8) is 0 Å². The summed E-state index contributed by atoms with van der Waals surface area (Å²) in [5.41, 5.74) is 6.31. The number of hydrogen-bond acceptors (Lipinski definition) is 3. The van der Waals surface area contributed by atoms with Crippen molar-refractivity contribution in [1.29, 1.82) is 0 Å². The fourth-order valence-corrected chi connectivity index (χ4v) is 2.61. The van der Waals surface area contributed by atoms with E-state index in [0.717, 1.165) is 37.9 Å².